The van der Waals surface area contributed by atoms with Crippen LogP contribution in [-0.2, 0) is 0 Å². The second-order valence-corrected chi connectivity index (χ2v) is 7.49. The normalized spacial score (nSPS) is 18.7. The van der Waals surface area contributed by atoms with Gasteiger partial charge >= 0.3 is 0 Å². The summed E-state index contributed by atoms with van der Waals surface area (Å²) in [5.41, 5.74) is 3.16. The number of benzene rings is 1. The molecule has 0 bridgehead atoms. The zero-order chi connectivity index (χ0) is 18.1. The fourth-order valence-electron chi connectivity index (χ4n) is 3.70. The quantitative estimate of drug-likeness (QED) is 0.852. The number of aromatic nitrogens is 1. The molecule has 2 aromatic rings. The molecule has 3 heterocycles. The van der Waals surface area contributed by atoms with Crippen LogP contribution in [0.1, 0.15) is 27.5 Å². The molecule has 0 aliphatic carbocycles. The lowest BCUT2D eigenvalue weighted by molar-refractivity contribution is 0.0596. The van der Waals surface area contributed by atoms with Crippen LogP contribution >= 0.6 is 0 Å². The van der Waals surface area contributed by atoms with Gasteiger partial charge in [-0.1, -0.05) is 35.9 Å². The Morgan fingerprint density at radius 1 is 1.04 bits per heavy atom. The number of piperazine rings is 1. The van der Waals surface area contributed by atoms with Crippen molar-refractivity contribution in [1.82, 2.24) is 14.8 Å². The molecule has 5 nitrogen and oxygen atoms in total. The van der Waals surface area contributed by atoms with E-state index in [-0.39, 0.29) is 5.91 Å². The number of nitrogens with zero attached hydrogens (tertiary/aromatic N) is 4. The Morgan fingerprint density at radius 2 is 1.77 bits per heavy atom. The standard InChI is InChI=1S/C21H26N4O/c1-16-5-3-6-17(13-16)18-14-25(15-18)21(26)19-7-4-8-20(22-19)24-11-9-23(2)10-12-24/h3-8,13,18H,9-12,14-15H2,1-2H3. The largest absolute Gasteiger partial charge is 0.354 e. The minimum atomic E-state index is 0.0462. The van der Waals surface area contributed by atoms with Gasteiger partial charge in [0.05, 0.1) is 0 Å². The third kappa shape index (κ3) is 3.44. The predicted octanol–water partition coefficient (Wildman–Crippen LogP) is 2.38. The van der Waals surface area contributed by atoms with Gasteiger partial charge in [0.25, 0.3) is 5.91 Å². The maximum atomic E-state index is 12.8. The minimum Gasteiger partial charge on any atom is -0.354 e. The molecule has 0 unspecified atom stereocenters. The summed E-state index contributed by atoms with van der Waals surface area (Å²) in [6.07, 6.45) is 0. The summed E-state index contributed by atoms with van der Waals surface area (Å²) in [6, 6.07) is 14.4. The van der Waals surface area contributed by atoms with Crippen LogP contribution < -0.4 is 4.90 Å². The molecule has 4 rings (SSSR count). The zero-order valence-electron chi connectivity index (χ0n) is 15.6. The predicted molar refractivity (Wildman–Crippen MR) is 104 cm³/mol. The molecule has 2 saturated heterocycles. The first-order valence-electron chi connectivity index (χ1n) is 9.36. The summed E-state index contributed by atoms with van der Waals surface area (Å²) >= 11 is 0. The maximum absolute atomic E-state index is 12.8. The molecule has 0 atom stereocenters. The summed E-state index contributed by atoms with van der Waals surface area (Å²) in [5, 5.41) is 0. The highest BCUT2D eigenvalue weighted by molar-refractivity contribution is 5.93. The second kappa shape index (κ2) is 7.08. The van der Waals surface area contributed by atoms with Crippen LogP contribution in [0.5, 0.6) is 0 Å². The Labute approximate surface area is 155 Å². The van der Waals surface area contributed by atoms with E-state index in [0.717, 1.165) is 45.1 Å². The monoisotopic (exact) mass is 350 g/mol. The molecular weight excluding hydrogens is 324 g/mol. The molecule has 136 valence electrons. The lowest BCUT2D eigenvalue weighted by atomic mass is 9.90. The van der Waals surface area contributed by atoms with Crippen molar-refractivity contribution >= 4 is 11.7 Å². The molecule has 1 aromatic carbocycles. The van der Waals surface area contributed by atoms with Gasteiger partial charge in [-0.25, -0.2) is 4.98 Å². The van der Waals surface area contributed by atoms with Crippen LogP contribution in [0.3, 0.4) is 0 Å². The molecule has 1 amide bonds. The van der Waals surface area contributed by atoms with Crippen molar-refractivity contribution < 1.29 is 4.79 Å². The Balaban J connectivity index is 1.41. The summed E-state index contributed by atoms with van der Waals surface area (Å²) in [4.78, 5) is 23.9. The first-order valence-corrected chi connectivity index (χ1v) is 9.36. The first kappa shape index (κ1) is 17.0. The number of carbonyl (C=O) groups is 1. The van der Waals surface area contributed by atoms with Crippen LogP contribution in [-0.4, -0.2) is 67.0 Å². The van der Waals surface area contributed by atoms with Gasteiger partial charge in [0.1, 0.15) is 11.5 Å². The molecule has 2 aliphatic heterocycles. The minimum absolute atomic E-state index is 0.0462. The maximum Gasteiger partial charge on any atom is 0.272 e. The molecular formula is C21H26N4O. The molecule has 0 N–H and O–H groups in total. The molecule has 2 fully saturated rings. The van der Waals surface area contributed by atoms with Crippen molar-refractivity contribution in [3.8, 4) is 0 Å². The third-order valence-electron chi connectivity index (χ3n) is 5.46. The number of anilines is 1. The van der Waals surface area contributed by atoms with Crippen molar-refractivity contribution in [3.05, 3.63) is 59.3 Å². The third-order valence-corrected chi connectivity index (χ3v) is 5.46. The highest BCUT2D eigenvalue weighted by Crippen LogP contribution is 2.28. The van der Waals surface area contributed by atoms with Crippen molar-refractivity contribution in [2.45, 2.75) is 12.8 Å². The number of amides is 1. The Bertz CT molecular complexity index is 792. The average molecular weight is 350 g/mol. The van der Waals surface area contributed by atoms with E-state index in [1.165, 1.54) is 11.1 Å². The van der Waals surface area contributed by atoms with Gasteiger partial charge in [-0.2, -0.15) is 0 Å². The number of likely N-dealkylation sites (tertiary alicyclic amines) is 1. The Kier molecular flexibility index (Phi) is 4.64. The first-order chi connectivity index (χ1) is 12.6. The second-order valence-electron chi connectivity index (χ2n) is 7.49. The van der Waals surface area contributed by atoms with Gasteiger partial charge in [0, 0.05) is 45.2 Å². The number of carbonyl (C=O) groups excluding carboxylic acids is 1. The molecule has 2 aliphatic rings. The van der Waals surface area contributed by atoms with E-state index in [2.05, 4.69) is 53.0 Å². The number of hydrogen-bond donors (Lipinski definition) is 0. The zero-order valence-corrected chi connectivity index (χ0v) is 15.6. The number of likely N-dealkylation sites (N-methyl/N-ethyl adjacent to an activating group) is 1. The topological polar surface area (TPSA) is 39.7 Å². The highest BCUT2D eigenvalue weighted by atomic mass is 16.2. The summed E-state index contributed by atoms with van der Waals surface area (Å²) < 4.78 is 0. The molecule has 1 aromatic heterocycles. The van der Waals surface area contributed by atoms with E-state index < -0.39 is 0 Å². The van der Waals surface area contributed by atoms with Crippen molar-refractivity contribution in [2.75, 3.05) is 51.2 Å². The van der Waals surface area contributed by atoms with Crippen molar-refractivity contribution in [1.29, 1.82) is 0 Å². The van der Waals surface area contributed by atoms with Gasteiger partial charge in [-0.15, -0.1) is 0 Å². The number of aryl methyl sites for hydroxylation is 1. The van der Waals surface area contributed by atoms with Crippen molar-refractivity contribution in [2.24, 2.45) is 0 Å². The Morgan fingerprint density at radius 3 is 2.50 bits per heavy atom. The van der Waals surface area contributed by atoms with Crippen LogP contribution in [0.25, 0.3) is 0 Å². The fourth-order valence-corrected chi connectivity index (χ4v) is 3.70. The fraction of sp³-hybridized carbons (Fsp3) is 0.429. The van der Waals surface area contributed by atoms with Gasteiger partial charge in [-0.3, -0.25) is 4.79 Å². The van der Waals surface area contributed by atoms with E-state index in [1.807, 2.05) is 23.1 Å². The SMILES string of the molecule is Cc1cccc(C2CN(C(=O)c3cccc(N4CCN(C)CC4)n3)C2)c1. The van der Waals surface area contributed by atoms with Gasteiger partial charge in [0.2, 0.25) is 0 Å². The lowest BCUT2D eigenvalue weighted by Gasteiger charge is -2.39. The molecule has 26 heavy (non-hydrogen) atoms. The number of hydrogen-bond acceptors (Lipinski definition) is 4. The van der Waals surface area contributed by atoms with Gasteiger partial charge < -0.3 is 14.7 Å². The van der Waals surface area contributed by atoms with Crippen LogP contribution in [0.15, 0.2) is 42.5 Å². The van der Waals surface area contributed by atoms with Crippen LogP contribution in [0.4, 0.5) is 5.82 Å². The van der Waals surface area contributed by atoms with Crippen molar-refractivity contribution in [3.63, 3.8) is 0 Å². The smallest absolute Gasteiger partial charge is 0.272 e. The molecule has 0 radical (unpaired) electrons. The molecule has 5 heteroatoms. The van der Waals surface area contributed by atoms with Gasteiger partial charge in [0.15, 0.2) is 0 Å². The van der Waals surface area contributed by atoms with Crippen LogP contribution in [0, 0.1) is 6.92 Å². The van der Waals surface area contributed by atoms with Gasteiger partial charge in [-0.05, 0) is 31.7 Å². The lowest BCUT2D eigenvalue weighted by Crippen LogP contribution is -2.49. The summed E-state index contributed by atoms with van der Waals surface area (Å²) in [7, 11) is 2.14. The van der Waals surface area contributed by atoms with E-state index in [4.69, 9.17) is 0 Å². The van der Waals surface area contributed by atoms with E-state index in [0.29, 0.717) is 11.6 Å². The number of rotatable bonds is 3. The summed E-state index contributed by atoms with van der Waals surface area (Å²) in [5.74, 6) is 1.41. The van der Waals surface area contributed by atoms with E-state index >= 15 is 0 Å². The number of pyridine rings is 1. The average Bonchev–Trinajstić information content (AvgIpc) is 2.61. The summed E-state index contributed by atoms with van der Waals surface area (Å²) in [6.45, 7) is 7.65. The Hall–Kier alpha value is -2.40. The van der Waals surface area contributed by atoms with Crippen LogP contribution in [0.2, 0.25) is 0 Å². The van der Waals surface area contributed by atoms with E-state index in [9.17, 15) is 4.79 Å². The highest BCUT2D eigenvalue weighted by Gasteiger charge is 2.33. The molecule has 0 saturated carbocycles. The van der Waals surface area contributed by atoms with E-state index in [1.54, 1.807) is 0 Å². The molecule has 0 spiro atoms.